The Hall–Kier alpha value is -2.86. The molecule has 3 N–H and O–H groups in total. The summed E-state index contributed by atoms with van der Waals surface area (Å²) in [6, 6.07) is 14.5. The maximum absolute atomic E-state index is 12.4. The minimum Gasteiger partial charge on any atom is -0.380 e. The zero-order valence-electron chi connectivity index (χ0n) is 15.3. The Morgan fingerprint density at radius 2 is 1.77 bits per heavy atom. The second-order valence-electron chi connectivity index (χ2n) is 6.27. The third-order valence-electron chi connectivity index (χ3n) is 3.58. The standard InChI is InChI=1S/C20H25N3O3/c1-14(2)22-20(25)21-12-15-7-9-17(10-8-15)19(24)23-18-6-4-5-16(11-18)13-26-3/h4-11,14H,12-13H2,1-3H3,(H,23,24)(H2,21,22,25). The van der Waals surface area contributed by atoms with Crippen molar-refractivity contribution in [1.82, 2.24) is 10.6 Å². The van der Waals surface area contributed by atoms with Gasteiger partial charge in [-0.25, -0.2) is 4.79 Å². The highest BCUT2D eigenvalue weighted by atomic mass is 16.5. The van der Waals surface area contributed by atoms with Gasteiger partial charge in [0.05, 0.1) is 6.61 Å². The highest BCUT2D eigenvalue weighted by molar-refractivity contribution is 6.04. The van der Waals surface area contributed by atoms with Gasteiger partial charge in [-0.3, -0.25) is 4.79 Å². The second-order valence-corrected chi connectivity index (χ2v) is 6.27. The third kappa shape index (κ3) is 6.22. The van der Waals surface area contributed by atoms with E-state index in [1.807, 2.05) is 50.2 Å². The number of benzene rings is 2. The summed E-state index contributed by atoms with van der Waals surface area (Å²) in [5.41, 5.74) is 3.19. The van der Waals surface area contributed by atoms with E-state index < -0.39 is 0 Å². The first-order valence-electron chi connectivity index (χ1n) is 8.50. The van der Waals surface area contributed by atoms with E-state index >= 15 is 0 Å². The highest BCUT2D eigenvalue weighted by Crippen LogP contribution is 2.13. The fraction of sp³-hybridized carbons (Fsp3) is 0.300. The molecule has 0 aromatic heterocycles. The van der Waals surface area contributed by atoms with Crippen molar-refractivity contribution in [2.45, 2.75) is 33.0 Å². The lowest BCUT2D eigenvalue weighted by molar-refractivity contribution is 0.102. The summed E-state index contributed by atoms with van der Waals surface area (Å²) in [6.07, 6.45) is 0. The number of hydrogen-bond acceptors (Lipinski definition) is 3. The number of anilines is 1. The summed E-state index contributed by atoms with van der Waals surface area (Å²) in [5.74, 6) is -0.184. The predicted octanol–water partition coefficient (Wildman–Crippen LogP) is 3.29. The Morgan fingerprint density at radius 1 is 1.04 bits per heavy atom. The lowest BCUT2D eigenvalue weighted by atomic mass is 10.1. The molecule has 0 spiro atoms. The van der Waals surface area contributed by atoms with Crippen molar-refractivity contribution in [2.24, 2.45) is 0 Å². The van der Waals surface area contributed by atoms with Crippen LogP contribution in [0, 0.1) is 0 Å². The van der Waals surface area contributed by atoms with E-state index in [9.17, 15) is 9.59 Å². The van der Waals surface area contributed by atoms with Gasteiger partial charge in [0.2, 0.25) is 0 Å². The summed E-state index contributed by atoms with van der Waals surface area (Å²) >= 11 is 0. The van der Waals surface area contributed by atoms with E-state index in [0.29, 0.717) is 18.7 Å². The van der Waals surface area contributed by atoms with Gasteiger partial charge in [0.25, 0.3) is 5.91 Å². The molecule has 2 aromatic carbocycles. The van der Waals surface area contributed by atoms with E-state index in [1.54, 1.807) is 19.2 Å². The Bertz CT molecular complexity index is 742. The number of rotatable bonds is 7. The third-order valence-corrected chi connectivity index (χ3v) is 3.58. The van der Waals surface area contributed by atoms with Gasteiger partial charge in [-0.05, 0) is 49.2 Å². The molecule has 0 saturated carbocycles. The molecule has 0 fully saturated rings. The molecule has 0 radical (unpaired) electrons. The molecule has 0 aliphatic heterocycles. The van der Waals surface area contributed by atoms with Gasteiger partial charge in [-0.1, -0.05) is 24.3 Å². The monoisotopic (exact) mass is 355 g/mol. The summed E-state index contributed by atoms with van der Waals surface area (Å²) in [7, 11) is 1.63. The van der Waals surface area contributed by atoms with Gasteiger partial charge in [-0.2, -0.15) is 0 Å². The largest absolute Gasteiger partial charge is 0.380 e. The lowest BCUT2D eigenvalue weighted by Crippen LogP contribution is -2.39. The van der Waals surface area contributed by atoms with Crippen LogP contribution in [-0.4, -0.2) is 25.1 Å². The number of methoxy groups -OCH3 is 1. The molecule has 6 nitrogen and oxygen atoms in total. The van der Waals surface area contributed by atoms with Crippen LogP contribution in [0.25, 0.3) is 0 Å². The van der Waals surface area contributed by atoms with Crippen LogP contribution in [0.2, 0.25) is 0 Å². The number of nitrogens with one attached hydrogen (secondary N) is 3. The normalized spacial score (nSPS) is 10.5. The molecule has 0 heterocycles. The Balaban J connectivity index is 1.92. The molecule has 0 bridgehead atoms. The molecule has 0 aliphatic rings. The average Bonchev–Trinajstić information content (AvgIpc) is 2.60. The van der Waals surface area contributed by atoms with Crippen molar-refractivity contribution < 1.29 is 14.3 Å². The topological polar surface area (TPSA) is 79.5 Å². The van der Waals surface area contributed by atoms with Crippen molar-refractivity contribution in [3.63, 3.8) is 0 Å². The van der Waals surface area contributed by atoms with Crippen LogP contribution >= 0.6 is 0 Å². The van der Waals surface area contributed by atoms with Crippen LogP contribution in [0.1, 0.15) is 35.3 Å². The number of carbonyl (C=O) groups excluding carboxylic acids is 2. The van der Waals surface area contributed by atoms with Gasteiger partial charge >= 0.3 is 6.03 Å². The SMILES string of the molecule is COCc1cccc(NC(=O)c2ccc(CNC(=O)NC(C)C)cc2)c1. The van der Waals surface area contributed by atoms with Crippen molar-refractivity contribution in [3.05, 3.63) is 65.2 Å². The molecule has 2 aromatic rings. The van der Waals surface area contributed by atoms with Crippen molar-refractivity contribution in [1.29, 1.82) is 0 Å². The number of urea groups is 1. The van der Waals surface area contributed by atoms with E-state index in [2.05, 4.69) is 16.0 Å². The molecular weight excluding hydrogens is 330 g/mol. The molecular formula is C20H25N3O3. The molecule has 26 heavy (non-hydrogen) atoms. The minimum absolute atomic E-state index is 0.0865. The summed E-state index contributed by atoms with van der Waals surface area (Å²) in [6.45, 7) is 4.70. The minimum atomic E-state index is -0.210. The molecule has 3 amide bonds. The first-order chi connectivity index (χ1) is 12.5. The lowest BCUT2D eigenvalue weighted by Gasteiger charge is -2.11. The highest BCUT2D eigenvalue weighted by Gasteiger charge is 2.07. The van der Waals surface area contributed by atoms with E-state index in [1.165, 1.54) is 0 Å². The summed E-state index contributed by atoms with van der Waals surface area (Å²) in [5, 5.41) is 8.41. The molecule has 2 rings (SSSR count). The molecule has 0 atom stereocenters. The molecule has 0 unspecified atom stereocenters. The smallest absolute Gasteiger partial charge is 0.315 e. The first kappa shape index (κ1) is 19.5. The Kier molecular flexibility index (Phi) is 7.17. The maximum Gasteiger partial charge on any atom is 0.315 e. The fourth-order valence-corrected chi connectivity index (χ4v) is 2.38. The zero-order valence-corrected chi connectivity index (χ0v) is 15.3. The van der Waals surface area contributed by atoms with Gasteiger partial charge in [-0.15, -0.1) is 0 Å². The summed E-state index contributed by atoms with van der Waals surface area (Å²) in [4.78, 5) is 23.9. The van der Waals surface area contributed by atoms with E-state index in [0.717, 1.165) is 16.8 Å². The zero-order chi connectivity index (χ0) is 18.9. The van der Waals surface area contributed by atoms with Gasteiger partial charge in [0.1, 0.15) is 0 Å². The van der Waals surface area contributed by atoms with Crippen LogP contribution < -0.4 is 16.0 Å². The number of hydrogen-bond donors (Lipinski definition) is 3. The maximum atomic E-state index is 12.4. The molecule has 138 valence electrons. The van der Waals surface area contributed by atoms with E-state index in [4.69, 9.17) is 4.74 Å². The quantitative estimate of drug-likeness (QED) is 0.713. The van der Waals surface area contributed by atoms with Gasteiger partial charge < -0.3 is 20.7 Å². The van der Waals surface area contributed by atoms with Crippen LogP contribution in [0.3, 0.4) is 0 Å². The average molecular weight is 355 g/mol. The van der Waals surface area contributed by atoms with Gasteiger partial charge in [0, 0.05) is 30.9 Å². The molecule has 0 aliphatic carbocycles. The van der Waals surface area contributed by atoms with Crippen molar-refractivity contribution in [2.75, 3.05) is 12.4 Å². The first-order valence-corrected chi connectivity index (χ1v) is 8.50. The summed E-state index contributed by atoms with van der Waals surface area (Å²) < 4.78 is 5.10. The van der Waals surface area contributed by atoms with Crippen LogP contribution in [-0.2, 0) is 17.9 Å². The van der Waals surface area contributed by atoms with Crippen LogP contribution in [0.15, 0.2) is 48.5 Å². The number of carbonyl (C=O) groups is 2. The second kappa shape index (κ2) is 9.58. The fourth-order valence-electron chi connectivity index (χ4n) is 2.38. The van der Waals surface area contributed by atoms with Crippen LogP contribution in [0.4, 0.5) is 10.5 Å². The van der Waals surface area contributed by atoms with Gasteiger partial charge in [0.15, 0.2) is 0 Å². The Labute approximate surface area is 153 Å². The van der Waals surface area contributed by atoms with Crippen molar-refractivity contribution in [3.8, 4) is 0 Å². The van der Waals surface area contributed by atoms with Crippen molar-refractivity contribution >= 4 is 17.6 Å². The molecule has 0 saturated heterocycles. The number of amides is 3. The van der Waals surface area contributed by atoms with Crippen LogP contribution in [0.5, 0.6) is 0 Å². The predicted molar refractivity (Wildman–Crippen MR) is 102 cm³/mol. The van der Waals surface area contributed by atoms with E-state index in [-0.39, 0.29) is 18.0 Å². The number of ether oxygens (including phenoxy) is 1. The Morgan fingerprint density at radius 3 is 2.42 bits per heavy atom. The molecule has 6 heteroatoms.